The summed E-state index contributed by atoms with van der Waals surface area (Å²) >= 11 is 0. The van der Waals surface area contributed by atoms with Crippen LogP contribution in [0, 0.1) is 5.92 Å². The standard InChI is InChI=1S/C53H70O10Si2/c1-37(63-65(52(2,3)4,41-25-17-13-18-26-41)42-27-19-14-20-28-42)22-21-29-45(60-50(54)38-23-15-12-16-24-38)49-47(61-53(5,6)62-49)33-39-32-43(39)44-34-40(57-8)35-46(59-36-56-7)48(44)51(55)58-30-31-64(9,10)11/h12-21,23-29,34-35,37,39,43,45,47,49H,22,30-33,36H2,1-11H3/t37-,39?,43?,45?,47+,49-/m1/s1. The lowest BCUT2D eigenvalue weighted by molar-refractivity contribution is -0.153. The van der Waals surface area contributed by atoms with Crippen molar-refractivity contribution in [2.75, 3.05) is 27.6 Å². The predicted molar refractivity (Wildman–Crippen MR) is 261 cm³/mol. The highest BCUT2D eigenvalue weighted by molar-refractivity contribution is 6.99. The number of carbonyl (C=O) groups is 2. The Morgan fingerprint density at radius 1 is 0.862 bits per heavy atom. The van der Waals surface area contributed by atoms with Gasteiger partial charge >= 0.3 is 11.9 Å². The van der Waals surface area contributed by atoms with Crippen LogP contribution in [0.5, 0.6) is 11.5 Å². The van der Waals surface area contributed by atoms with Crippen LogP contribution in [-0.4, -0.2) is 86.2 Å². The number of benzene rings is 4. The molecule has 350 valence electrons. The molecule has 0 bridgehead atoms. The third-order valence-electron chi connectivity index (χ3n) is 12.2. The van der Waals surface area contributed by atoms with Crippen LogP contribution >= 0.6 is 0 Å². The largest absolute Gasteiger partial charge is 0.497 e. The maximum atomic E-state index is 13.9. The van der Waals surface area contributed by atoms with Gasteiger partial charge in [-0.2, -0.15) is 0 Å². The van der Waals surface area contributed by atoms with Crippen molar-refractivity contribution >= 4 is 38.7 Å². The molecular formula is C53H70O10Si2. The van der Waals surface area contributed by atoms with E-state index in [1.807, 2.05) is 56.3 Å². The summed E-state index contributed by atoms with van der Waals surface area (Å²) in [6.45, 7) is 19.8. The van der Waals surface area contributed by atoms with Crippen molar-refractivity contribution in [1.29, 1.82) is 0 Å². The highest BCUT2D eigenvalue weighted by Gasteiger charge is 2.52. The summed E-state index contributed by atoms with van der Waals surface area (Å²) in [6.07, 6.45) is 3.91. The summed E-state index contributed by atoms with van der Waals surface area (Å²) < 4.78 is 49.9. The van der Waals surface area contributed by atoms with Crippen molar-refractivity contribution in [2.45, 2.75) is 128 Å². The molecule has 0 N–H and O–H groups in total. The molecule has 1 heterocycles. The summed E-state index contributed by atoms with van der Waals surface area (Å²) in [5.74, 6) is -0.800. The average Bonchev–Trinajstić information content (AvgIpc) is 3.97. The number of hydrogen-bond acceptors (Lipinski definition) is 10. The van der Waals surface area contributed by atoms with Crippen molar-refractivity contribution in [2.24, 2.45) is 5.92 Å². The minimum atomic E-state index is -2.82. The van der Waals surface area contributed by atoms with Crippen LogP contribution in [-0.2, 0) is 28.1 Å². The van der Waals surface area contributed by atoms with Crippen LogP contribution in [0.1, 0.15) is 93.0 Å². The van der Waals surface area contributed by atoms with Crippen molar-refractivity contribution in [1.82, 2.24) is 0 Å². The molecule has 0 amide bonds. The zero-order valence-electron chi connectivity index (χ0n) is 40.3. The molecular weight excluding hydrogens is 853 g/mol. The van der Waals surface area contributed by atoms with Gasteiger partial charge in [-0.15, -0.1) is 0 Å². The Kier molecular flexibility index (Phi) is 16.4. The zero-order chi connectivity index (χ0) is 47.0. The van der Waals surface area contributed by atoms with Crippen LogP contribution in [0.4, 0.5) is 0 Å². The van der Waals surface area contributed by atoms with Gasteiger partial charge in [-0.25, -0.2) is 9.59 Å². The Bertz CT molecular complexity index is 2160. The van der Waals surface area contributed by atoms with E-state index in [1.165, 1.54) is 17.5 Å². The second kappa shape index (κ2) is 21.4. The molecule has 2 aliphatic rings. The molecule has 65 heavy (non-hydrogen) atoms. The molecule has 1 saturated carbocycles. The molecule has 0 aromatic heterocycles. The lowest BCUT2D eigenvalue weighted by Gasteiger charge is -2.44. The van der Waals surface area contributed by atoms with Crippen LogP contribution in [0.2, 0.25) is 30.7 Å². The molecule has 6 rings (SSSR count). The van der Waals surface area contributed by atoms with Gasteiger partial charge in [0.1, 0.15) is 29.3 Å². The number of rotatable bonds is 21. The minimum Gasteiger partial charge on any atom is -0.497 e. The molecule has 0 spiro atoms. The number of carbonyl (C=O) groups excluding carboxylic acids is 2. The fourth-order valence-corrected chi connectivity index (χ4v) is 14.4. The Balaban J connectivity index is 1.27. The van der Waals surface area contributed by atoms with Gasteiger partial charge in [-0.3, -0.25) is 0 Å². The van der Waals surface area contributed by atoms with Crippen molar-refractivity contribution in [3.05, 3.63) is 132 Å². The van der Waals surface area contributed by atoms with E-state index in [0.29, 0.717) is 42.1 Å². The summed E-state index contributed by atoms with van der Waals surface area (Å²) in [7, 11) is -1.14. The first kappa shape index (κ1) is 49.9. The maximum Gasteiger partial charge on any atom is 0.342 e. The molecule has 4 aromatic rings. The number of hydrogen-bond donors (Lipinski definition) is 0. The van der Waals surface area contributed by atoms with Gasteiger partial charge in [-0.1, -0.05) is 125 Å². The summed E-state index contributed by atoms with van der Waals surface area (Å²) in [5, 5.41) is 2.24. The van der Waals surface area contributed by atoms with E-state index in [2.05, 4.69) is 102 Å². The van der Waals surface area contributed by atoms with Crippen LogP contribution in [0.25, 0.3) is 0 Å². The van der Waals surface area contributed by atoms with Crippen molar-refractivity contribution < 1.29 is 47.2 Å². The Morgan fingerprint density at radius 3 is 2.05 bits per heavy atom. The van der Waals surface area contributed by atoms with Gasteiger partial charge in [0.25, 0.3) is 8.32 Å². The van der Waals surface area contributed by atoms with Gasteiger partial charge in [0.05, 0.1) is 25.4 Å². The molecule has 2 fully saturated rings. The molecule has 1 aliphatic heterocycles. The van der Waals surface area contributed by atoms with E-state index < -0.39 is 52.4 Å². The fraction of sp³-hybridized carbons (Fsp3) is 0.472. The van der Waals surface area contributed by atoms with Gasteiger partial charge in [0.2, 0.25) is 0 Å². The first-order chi connectivity index (χ1) is 30.9. The minimum absolute atomic E-state index is 0.0113. The van der Waals surface area contributed by atoms with E-state index in [1.54, 1.807) is 25.3 Å². The second-order valence-electron chi connectivity index (χ2n) is 20.1. The van der Waals surface area contributed by atoms with Crippen molar-refractivity contribution in [3.8, 4) is 11.5 Å². The Hall–Kier alpha value is -4.57. The Morgan fingerprint density at radius 2 is 1.48 bits per heavy atom. The molecule has 0 radical (unpaired) electrons. The van der Waals surface area contributed by atoms with E-state index in [9.17, 15) is 9.59 Å². The molecule has 4 aromatic carbocycles. The first-order valence-electron chi connectivity index (χ1n) is 22.9. The lowest BCUT2D eigenvalue weighted by atomic mass is 9.96. The third kappa shape index (κ3) is 12.7. The maximum absolute atomic E-state index is 13.9. The van der Waals surface area contributed by atoms with Crippen LogP contribution in [0.3, 0.4) is 0 Å². The molecule has 12 heteroatoms. The lowest BCUT2D eigenvalue weighted by Crippen LogP contribution is -2.67. The van der Waals surface area contributed by atoms with E-state index in [0.717, 1.165) is 18.0 Å². The van der Waals surface area contributed by atoms with Gasteiger partial charge in [-0.05, 0) is 103 Å². The molecule has 1 saturated heterocycles. The zero-order valence-corrected chi connectivity index (χ0v) is 42.3. The SMILES string of the molecule is COCOc1cc(OC)cc(C2CC2C[C@@H]2OC(C)(C)O[C@@H]2C(C=CC[C@@H](C)O[Si](c2ccccc2)(c2ccccc2)C(C)(C)C)OC(=O)c2ccccc2)c1C(=O)OCC[Si](C)(C)C. The normalized spacial score (nSPS) is 20.5. The Labute approximate surface area is 389 Å². The molecule has 6 atom stereocenters. The highest BCUT2D eigenvalue weighted by Crippen LogP contribution is 2.55. The number of esters is 2. The van der Waals surface area contributed by atoms with E-state index in [-0.39, 0.29) is 29.8 Å². The fourth-order valence-electron chi connectivity index (χ4n) is 8.94. The molecule has 1 aliphatic carbocycles. The topological polar surface area (TPSA) is 108 Å². The molecule has 3 unspecified atom stereocenters. The molecule has 10 nitrogen and oxygen atoms in total. The number of ether oxygens (including phenoxy) is 7. The first-order valence-corrected chi connectivity index (χ1v) is 28.6. The van der Waals surface area contributed by atoms with Gasteiger partial charge in [0.15, 0.2) is 12.6 Å². The summed E-state index contributed by atoms with van der Waals surface area (Å²) in [5.41, 5.74) is 1.63. The second-order valence-corrected chi connectivity index (χ2v) is 29.9. The summed E-state index contributed by atoms with van der Waals surface area (Å²) in [6, 6.07) is 34.7. The predicted octanol–water partition coefficient (Wildman–Crippen LogP) is 10.3. The van der Waals surface area contributed by atoms with Gasteiger partial charge in [0, 0.05) is 27.4 Å². The third-order valence-corrected chi connectivity index (χ3v) is 19.1. The smallest absolute Gasteiger partial charge is 0.342 e. The number of methoxy groups -OCH3 is 2. The summed E-state index contributed by atoms with van der Waals surface area (Å²) in [4.78, 5) is 27.7. The average molecular weight is 923 g/mol. The quantitative estimate of drug-likeness (QED) is 0.0347. The highest BCUT2D eigenvalue weighted by atomic mass is 28.4. The van der Waals surface area contributed by atoms with Gasteiger partial charge < -0.3 is 37.6 Å². The van der Waals surface area contributed by atoms with E-state index >= 15 is 0 Å². The van der Waals surface area contributed by atoms with Crippen molar-refractivity contribution in [3.63, 3.8) is 0 Å². The van der Waals surface area contributed by atoms with E-state index in [4.69, 9.17) is 37.6 Å². The monoisotopic (exact) mass is 922 g/mol. The van der Waals surface area contributed by atoms with Crippen LogP contribution < -0.4 is 19.8 Å². The van der Waals surface area contributed by atoms with Crippen LogP contribution in [0.15, 0.2) is 115 Å².